The van der Waals surface area contributed by atoms with Gasteiger partial charge in [0.15, 0.2) is 11.6 Å². The maximum atomic E-state index is 10.9. The van der Waals surface area contributed by atoms with Crippen LogP contribution in [0, 0.1) is 0 Å². The Balaban J connectivity index is 1.36. The fraction of sp³-hybridized carbons (Fsp3) is 0.312. The number of nitrogens with one attached hydrogen (secondary N) is 3. The Hall–Kier alpha value is -3.43. The number of H-pyrrole nitrogens is 1. The molecule has 5 N–H and O–H groups in total. The largest absolute Gasteiger partial charge is 0.369 e. The van der Waals surface area contributed by atoms with E-state index in [1.807, 2.05) is 6.07 Å². The van der Waals surface area contributed by atoms with Crippen LogP contribution in [0.5, 0.6) is 0 Å². The van der Waals surface area contributed by atoms with E-state index in [2.05, 4.69) is 36.0 Å². The third kappa shape index (κ3) is 3.97. The Morgan fingerprint density at radius 3 is 3.04 bits per heavy atom. The fourth-order valence-electron chi connectivity index (χ4n) is 2.52. The summed E-state index contributed by atoms with van der Waals surface area (Å²) in [5.41, 5.74) is 6.78. The maximum absolute atomic E-state index is 10.9. The second-order valence-corrected chi connectivity index (χ2v) is 6.15. The van der Waals surface area contributed by atoms with E-state index < -0.39 is 5.91 Å². The molecule has 26 heavy (non-hydrogen) atoms. The van der Waals surface area contributed by atoms with Crippen molar-refractivity contribution in [3.05, 3.63) is 41.5 Å². The van der Waals surface area contributed by atoms with Gasteiger partial charge in [-0.25, -0.2) is 4.98 Å². The van der Waals surface area contributed by atoms with E-state index in [4.69, 9.17) is 10.3 Å². The average Bonchev–Trinajstić information content (AvgIpc) is 3.20. The normalized spacial score (nSPS) is 13.5. The number of primary amides is 1. The monoisotopic (exact) mass is 354 g/mol. The lowest BCUT2D eigenvalue weighted by Gasteiger charge is -2.05. The molecule has 0 spiro atoms. The topological polar surface area (TPSA) is 148 Å². The summed E-state index contributed by atoms with van der Waals surface area (Å²) in [7, 11) is 0. The van der Waals surface area contributed by atoms with Gasteiger partial charge in [0.25, 0.3) is 0 Å². The molecule has 1 amide bonds. The lowest BCUT2D eigenvalue weighted by Crippen LogP contribution is -2.13. The van der Waals surface area contributed by atoms with Crippen molar-refractivity contribution >= 4 is 23.5 Å². The Kier molecular flexibility index (Phi) is 4.22. The van der Waals surface area contributed by atoms with Crippen molar-refractivity contribution < 1.29 is 9.32 Å². The molecule has 1 aliphatic rings. The van der Waals surface area contributed by atoms with Crippen molar-refractivity contribution in [2.75, 3.05) is 10.6 Å². The lowest BCUT2D eigenvalue weighted by atomic mass is 10.3. The third-order valence-electron chi connectivity index (χ3n) is 3.91. The molecule has 0 unspecified atom stereocenters. The average molecular weight is 354 g/mol. The van der Waals surface area contributed by atoms with E-state index in [1.165, 1.54) is 12.8 Å². The van der Waals surface area contributed by atoms with Gasteiger partial charge in [0.1, 0.15) is 5.82 Å². The number of amides is 1. The number of aromatic nitrogens is 5. The predicted molar refractivity (Wildman–Crippen MR) is 92.6 cm³/mol. The minimum absolute atomic E-state index is 0.0475. The van der Waals surface area contributed by atoms with Gasteiger partial charge in [0.2, 0.25) is 11.9 Å². The summed E-state index contributed by atoms with van der Waals surface area (Å²) in [6, 6.07) is 5.43. The third-order valence-corrected chi connectivity index (χ3v) is 3.91. The number of hydrogen-bond donors (Lipinski definition) is 4. The van der Waals surface area contributed by atoms with E-state index in [0.717, 1.165) is 11.5 Å². The molecule has 0 saturated heterocycles. The molecule has 134 valence electrons. The van der Waals surface area contributed by atoms with Gasteiger partial charge >= 0.3 is 0 Å². The van der Waals surface area contributed by atoms with Crippen molar-refractivity contribution in [3.8, 4) is 0 Å². The van der Waals surface area contributed by atoms with Crippen molar-refractivity contribution in [1.29, 1.82) is 0 Å². The molecule has 4 rings (SSSR count). The fourth-order valence-corrected chi connectivity index (χ4v) is 2.52. The first-order valence-corrected chi connectivity index (χ1v) is 8.28. The van der Waals surface area contributed by atoms with E-state index in [0.29, 0.717) is 35.7 Å². The zero-order valence-corrected chi connectivity index (χ0v) is 13.9. The number of carbonyl (C=O) groups excluding carboxylic acids is 1. The summed E-state index contributed by atoms with van der Waals surface area (Å²) in [5, 5.41) is 17.3. The molecule has 10 nitrogen and oxygen atoms in total. The summed E-state index contributed by atoms with van der Waals surface area (Å²) >= 11 is 0. The smallest absolute Gasteiger partial charge is 0.224 e. The van der Waals surface area contributed by atoms with Crippen molar-refractivity contribution in [1.82, 2.24) is 25.3 Å². The second-order valence-electron chi connectivity index (χ2n) is 6.15. The molecule has 1 fully saturated rings. The molecule has 3 aromatic heterocycles. The molecule has 10 heteroatoms. The van der Waals surface area contributed by atoms with Crippen LogP contribution in [-0.2, 0) is 17.8 Å². The molecule has 0 radical (unpaired) electrons. The zero-order chi connectivity index (χ0) is 17.9. The summed E-state index contributed by atoms with van der Waals surface area (Å²) in [4.78, 5) is 19.4. The van der Waals surface area contributed by atoms with Crippen LogP contribution in [-0.4, -0.2) is 31.2 Å². The Bertz CT molecular complexity index is 914. The van der Waals surface area contributed by atoms with Crippen LogP contribution >= 0.6 is 0 Å². The predicted octanol–water partition coefficient (Wildman–Crippen LogP) is 1.45. The Labute approximate surface area is 148 Å². The summed E-state index contributed by atoms with van der Waals surface area (Å²) in [5.74, 6) is 2.50. The first-order valence-electron chi connectivity index (χ1n) is 8.28. The van der Waals surface area contributed by atoms with Gasteiger partial charge in [-0.3, -0.25) is 9.89 Å². The standard InChI is InChI=1S/C16H18N8O2/c17-13(25)6-10-5-11(26-24-10)8-19-16-18-4-3-14(21-16)20-15-7-12(22-23-15)9-1-2-9/h3-5,7,9H,1-2,6,8H2,(H2,17,25)(H3,18,19,20,21,22,23). The molecule has 1 saturated carbocycles. The molecule has 3 heterocycles. The molecule has 1 aliphatic carbocycles. The molecular weight excluding hydrogens is 336 g/mol. The zero-order valence-electron chi connectivity index (χ0n) is 13.9. The minimum atomic E-state index is -0.455. The number of carbonyl (C=O) groups is 1. The van der Waals surface area contributed by atoms with Crippen molar-refractivity contribution in [2.24, 2.45) is 5.73 Å². The number of hydrogen-bond acceptors (Lipinski definition) is 8. The molecule has 0 atom stereocenters. The van der Waals surface area contributed by atoms with Crippen LogP contribution in [0.15, 0.2) is 28.9 Å². The molecule has 3 aromatic rings. The first-order chi connectivity index (χ1) is 12.7. The number of anilines is 3. The van der Waals surface area contributed by atoms with Crippen LogP contribution in [0.3, 0.4) is 0 Å². The summed E-state index contributed by atoms with van der Waals surface area (Å²) in [6.45, 7) is 0.337. The van der Waals surface area contributed by atoms with Crippen molar-refractivity contribution in [2.45, 2.75) is 31.7 Å². The van der Waals surface area contributed by atoms with E-state index >= 15 is 0 Å². The SMILES string of the molecule is NC(=O)Cc1cc(CNc2nccc(Nc3cc(C4CC4)[nH]n3)n2)on1. The highest BCUT2D eigenvalue weighted by molar-refractivity contribution is 5.76. The highest BCUT2D eigenvalue weighted by atomic mass is 16.5. The number of nitrogens with zero attached hydrogens (tertiary/aromatic N) is 4. The van der Waals surface area contributed by atoms with E-state index in [-0.39, 0.29) is 6.42 Å². The molecular formula is C16H18N8O2. The van der Waals surface area contributed by atoms with Gasteiger partial charge in [0, 0.05) is 29.9 Å². The first kappa shape index (κ1) is 16.1. The van der Waals surface area contributed by atoms with Gasteiger partial charge in [-0.05, 0) is 18.9 Å². The van der Waals surface area contributed by atoms with E-state index in [1.54, 1.807) is 18.3 Å². The number of rotatable bonds is 8. The van der Waals surface area contributed by atoms with E-state index in [9.17, 15) is 4.79 Å². The van der Waals surface area contributed by atoms with Crippen molar-refractivity contribution in [3.63, 3.8) is 0 Å². The summed E-state index contributed by atoms with van der Waals surface area (Å²) in [6.07, 6.45) is 4.12. The Morgan fingerprint density at radius 1 is 1.35 bits per heavy atom. The van der Waals surface area contributed by atoms with Gasteiger partial charge in [-0.2, -0.15) is 10.1 Å². The van der Waals surface area contributed by atoms with Gasteiger partial charge in [0.05, 0.1) is 18.7 Å². The van der Waals surface area contributed by atoms with Crippen LogP contribution in [0.25, 0.3) is 0 Å². The number of aromatic amines is 1. The quantitative estimate of drug-likeness (QED) is 0.475. The van der Waals surface area contributed by atoms with Gasteiger partial charge in [-0.1, -0.05) is 5.16 Å². The lowest BCUT2D eigenvalue weighted by molar-refractivity contribution is -0.117. The van der Waals surface area contributed by atoms with Gasteiger partial charge in [-0.15, -0.1) is 0 Å². The number of nitrogens with two attached hydrogens (primary N) is 1. The molecule has 0 aliphatic heterocycles. The van der Waals surface area contributed by atoms with Crippen LogP contribution in [0.4, 0.5) is 17.6 Å². The highest BCUT2D eigenvalue weighted by Gasteiger charge is 2.25. The highest BCUT2D eigenvalue weighted by Crippen LogP contribution is 2.39. The molecule has 0 bridgehead atoms. The summed E-state index contributed by atoms with van der Waals surface area (Å²) < 4.78 is 5.14. The van der Waals surface area contributed by atoms with Crippen LogP contribution in [0.2, 0.25) is 0 Å². The molecule has 0 aromatic carbocycles. The second kappa shape index (κ2) is 6.82. The van der Waals surface area contributed by atoms with Crippen LogP contribution < -0.4 is 16.4 Å². The maximum Gasteiger partial charge on any atom is 0.224 e. The minimum Gasteiger partial charge on any atom is -0.369 e. The van der Waals surface area contributed by atoms with Gasteiger partial charge < -0.3 is 20.9 Å². The Morgan fingerprint density at radius 2 is 2.23 bits per heavy atom. The van der Waals surface area contributed by atoms with Crippen LogP contribution in [0.1, 0.15) is 35.9 Å².